The molecule has 0 saturated carbocycles. The van der Waals surface area contributed by atoms with Crippen molar-refractivity contribution in [3.05, 3.63) is 16.4 Å². The maximum Gasteiger partial charge on any atom is 0.0792 e. The second-order valence-corrected chi connectivity index (χ2v) is 5.33. The number of piperidine rings is 1. The summed E-state index contributed by atoms with van der Waals surface area (Å²) in [5.74, 6) is 0.488. The molecule has 0 atom stereocenters. The van der Waals surface area contributed by atoms with Gasteiger partial charge in [0, 0.05) is 6.20 Å². The van der Waals surface area contributed by atoms with Crippen molar-refractivity contribution in [1.82, 2.24) is 15.1 Å². The van der Waals surface area contributed by atoms with Crippen LogP contribution in [0.4, 0.5) is 0 Å². The van der Waals surface area contributed by atoms with E-state index < -0.39 is 0 Å². The molecule has 0 aliphatic carbocycles. The molecule has 1 aliphatic rings. The Labute approximate surface area is 99.4 Å². The van der Waals surface area contributed by atoms with Crippen LogP contribution in [0.25, 0.3) is 0 Å². The first-order chi connectivity index (χ1) is 7.18. The molecule has 3 nitrogen and oxygen atoms in total. The Balaban J connectivity index is 2.17. The molecule has 1 aliphatic heterocycles. The second-order valence-electron chi connectivity index (χ2n) is 4.48. The molecule has 4 heteroatoms. The van der Waals surface area contributed by atoms with Crippen molar-refractivity contribution in [3.63, 3.8) is 0 Å². The van der Waals surface area contributed by atoms with Crippen LogP contribution in [0.2, 0.25) is 0 Å². The monoisotopic (exact) mass is 271 g/mol. The quantitative estimate of drug-likeness (QED) is 0.897. The maximum atomic E-state index is 4.67. The Morgan fingerprint density at radius 1 is 1.47 bits per heavy atom. The molecule has 0 amide bonds. The first-order valence-corrected chi connectivity index (χ1v) is 6.43. The van der Waals surface area contributed by atoms with Crippen LogP contribution in [0, 0.1) is 0 Å². The lowest BCUT2D eigenvalue weighted by molar-refractivity contribution is 0.341. The third-order valence-electron chi connectivity index (χ3n) is 2.94. The Hall–Kier alpha value is -0.350. The molecule has 84 valence electrons. The van der Waals surface area contributed by atoms with E-state index in [2.05, 4.69) is 51.1 Å². The number of rotatable bonds is 2. The highest BCUT2D eigenvalue weighted by atomic mass is 79.9. The van der Waals surface area contributed by atoms with E-state index in [0.29, 0.717) is 12.0 Å². The Morgan fingerprint density at radius 3 is 2.67 bits per heavy atom. The van der Waals surface area contributed by atoms with E-state index in [4.69, 9.17) is 0 Å². The lowest BCUT2D eigenvalue weighted by Gasteiger charge is -2.22. The summed E-state index contributed by atoms with van der Waals surface area (Å²) >= 11 is 3.59. The van der Waals surface area contributed by atoms with Crippen molar-refractivity contribution in [2.45, 2.75) is 38.6 Å². The normalized spacial score (nSPS) is 18.7. The highest BCUT2D eigenvalue weighted by molar-refractivity contribution is 9.10. The van der Waals surface area contributed by atoms with Crippen molar-refractivity contribution in [2.24, 2.45) is 0 Å². The maximum absolute atomic E-state index is 4.67. The van der Waals surface area contributed by atoms with Gasteiger partial charge in [-0.05, 0) is 47.8 Å². The number of halogens is 1. The minimum Gasteiger partial charge on any atom is -0.317 e. The average molecular weight is 272 g/mol. The van der Waals surface area contributed by atoms with Gasteiger partial charge in [0.25, 0.3) is 0 Å². The molecule has 0 spiro atoms. The van der Waals surface area contributed by atoms with Crippen LogP contribution in [-0.4, -0.2) is 22.9 Å². The van der Waals surface area contributed by atoms with Gasteiger partial charge in [0.1, 0.15) is 0 Å². The molecule has 0 bridgehead atoms. The van der Waals surface area contributed by atoms with E-state index in [1.54, 1.807) is 0 Å². The lowest BCUT2D eigenvalue weighted by atomic mass is 10.1. The summed E-state index contributed by atoms with van der Waals surface area (Å²) in [5.41, 5.74) is 1.17. The van der Waals surface area contributed by atoms with Crippen LogP contribution in [0.15, 0.2) is 10.7 Å². The van der Waals surface area contributed by atoms with Crippen LogP contribution in [0.3, 0.4) is 0 Å². The molecule has 0 radical (unpaired) electrons. The minimum absolute atomic E-state index is 0.488. The number of nitrogens with zero attached hydrogens (tertiary/aromatic N) is 2. The predicted octanol–water partition coefficient (Wildman–Crippen LogP) is 2.69. The Bertz CT molecular complexity index is 327. The van der Waals surface area contributed by atoms with Gasteiger partial charge < -0.3 is 5.32 Å². The zero-order valence-electron chi connectivity index (χ0n) is 9.33. The van der Waals surface area contributed by atoms with E-state index in [-0.39, 0.29) is 0 Å². The second kappa shape index (κ2) is 4.66. The average Bonchev–Trinajstić information content (AvgIpc) is 2.62. The zero-order chi connectivity index (χ0) is 10.8. The molecule has 2 heterocycles. The van der Waals surface area contributed by atoms with Gasteiger partial charge in [-0.2, -0.15) is 5.10 Å². The highest BCUT2D eigenvalue weighted by Gasteiger charge is 2.18. The molecule has 1 fully saturated rings. The first kappa shape index (κ1) is 11.1. The van der Waals surface area contributed by atoms with E-state index >= 15 is 0 Å². The minimum atomic E-state index is 0.488. The predicted molar refractivity (Wildman–Crippen MR) is 65.2 cm³/mol. The van der Waals surface area contributed by atoms with Gasteiger partial charge in [-0.25, -0.2) is 0 Å². The summed E-state index contributed by atoms with van der Waals surface area (Å²) in [4.78, 5) is 0. The molecular weight excluding hydrogens is 254 g/mol. The Morgan fingerprint density at radius 2 is 2.13 bits per heavy atom. The van der Waals surface area contributed by atoms with E-state index in [1.165, 1.54) is 18.5 Å². The Kier molecular flexibility index (Phi) is 3.46. The summed E-state index contributed by atoms with van der Waals surface area (Å²) in [6.07, 6.45) is 4.50. The fourth-order valence-electron chi connectivity index (χ4n) is 2.03. The number of aromatic nitrogens is 2. The van der Waals surface area contributed by atoms with Gasteiger partial charge in [0.05, 0.1) is 16.2 Å². The van der Waals surface area contributed by atoms with Gasteiger partial charge in [-0.3, -0.25) is 4.68 Å². The van der Waals surface area contributed by atoms with Crippen LogP contribution < -0.4 is 5.32 Å². The topological polar surface area (TPSA) is 29.9 Å². The van der Waals surface area contributed by atoms with Crippen molar-refractivity contribution in [2.75, 3.05) is 13.1 Å². The van der Waals surface area contributed by atoms with Crippen molar-refractivity contribution in [1.29, 1.82) is 0 Å². The molecule has 1 aromatic rings. The fraction of sp³-hybridized carbons (Fsp3) is 0.727. The summed E-state index contributed by atoms with van der Waals surface area (Å²) in [5, 5.41) is 8.05. The molecule has 2 rings (SSSR count). The summed E-state index contributed by atoms with van der Waals surface area (Å²) in [6.45, 7) is 6.58. The van der Waals surface area contributed by atoms with Crippen molar-refractivity contribution in [3.8, 4) is 0 Å². The van der Waals surface area contributed by atoms with Gasteiger partial charge in [0.2, 0.25) is 0 Å². The van der Waals surface area contributed by atoms with Crippen LogP contribution in [0.5, 0.6) is 0 Å². The lowest BCUT2D eigenvalue weighted by Crippen LogP contribution is -2.29. The molecular formula is C11H18BrN3. The van der Waals surface area contributed by atoms with Crippen molar-refractivity contribution >= 4 is 15.9 Å². The van der Waals surface area contributed by atoms with E-state index in [9.17, 15) is 0 Å². The standard InChI is InChI=1S/C11H18BrN3/c1-8(2)11-10(12)7-15(14-11)9-3-5-13-6-4-9/h7-9,13H,3-6H2,1-2H3. The third-order valence-corrected chi connectivity index (χ3v) is 3.55. The molecule has 1 saturated heterocycles. The van der Waals surface area contributed by atoms with Gasteiger partial charge in [0.15, 0.2) is 0 Å². The zero-order valence-corrected chi connectivity index (χ0v) is 10.9. The number of hydrogen-bond donors (Lipinski definition) is 1. The smallest absolute Gasteiger partial charge is 0.0792 e. The summed E-state index contributed by atoms with van der Waals surface area (Å²) < 4.78 is 3.29. The third kappa shape index (κ3) is 2.42. The van der Waals surface area contributed by atoms with Gasteiger partial charge in [-0.1, -0.05) is 13.8 Å². The molecule has 0 unspecified atom stereocenters. The van der Waals surface area contributed by atoms with Gasteiger partial charge >= 0.3 is 0 Å². The molecule has 1 aromatic heterocycles. The van der Waals surface area contributed by atoms with E-state index in [1.807, 2.05) is 0 Å². The van der Waals surface area contributed by atoms with Crippen molar-refractivity contribution < 1.29 is 0 Å². The van der Waals surface area contributed by atoms with Crippen LogP contribution in [-0.2, 0) is 0 Å². The van der Waals surface area contributed by atoms with Crippen LogP contribution in [0.1, 0.15) is 44.3 Å². The number of nitrogens with one attached hydrogen (secondary N) is 1. The molecule has 15 heavy (non-hydrogen) atoms. The number of hydrogen-bond acceptors (Lipinski definition) is 2. The fourth-order valence-corrected chi connectivity index (χ4v) is 2.78. The summed E-state index contributed by atoms with van der Waals surface area (Å²) in [7, 11) is 0. The van der Waals surface area contributed by atoms with E-state index in [0.717, 1.165) is 17.6 Å². The van der Waals surface area contributed by atoms with Crippen LogP contribution >= 0.6 is 15.9 Å². The molecule has 0 aromatic carbocycles. The summed E-state index contributed by atoms with van der Waals surface area (Å²) in [6, 6.07) is 0.579. The first-order valence-electron chi connectivity index (χ1n) is 5.63. The molecule has 1 N–H and O–H groups in total. The largest absolute Gasteiger partial charge is 0.317 e. The highest BCUT2D eigenvalue weighted by Crippen LogP contribution is 2.26. The SMILES string of the molecule is CC(C)c1nn(C2CCNCC2)cc1Br. The van der Waals surface area contributed by atoms with Gasteiger partial charge in [-0.15, -0.1) is 0 Å².